The molecule has 1 aliphatic rings. The van der Waals surface area contributed by atoms with Gasteiger partial charge in [0.05, 0.1) is 30.4 Å². The van der Waals surface area contributed by atoms with Gasteiger partial charge in [-0.1, -0.05) is 6.07 Å². The molecule has 3 aromatic heterocycles. The van der Waals surface area contributed by atoms with Crippen molar-refractivity contribution in [2.24, 2.45) is 10.7 Å². The second-order valence-electron chi connectivity index (χ2n) is 8.58. The molecule has 0 unspecified atom stereocenters. The third-order valence-electron chi connectivity index (χ3n) is 6.11. The van der Waals surface area contributed by atoms with Gasteiger partial charge in [-0.25, -0.2) is 23.7 Å². The maximum absolute atomic E-state index is 13.5. The Kier molecular flexibility index (Phi) is 7.03. The molecule has 4 heterocycles. The van der Waals surface area contributed by atoms with E-state index >= 15 is 0 Å². The Labute approximate surface area is 217 Å². The molecule has 0 radical (unpaired) electrons. The topological polar surface area (TPSA) is 129 Å². The van der Waals surface area contributed by atoms with E-state index in [1.54, 1.807) is 37.7 Å². The van der Waals surface area contributed by atoms with Crippen LogP contribution in [-0.2, 0) is 0 Å². The van der Waals surface area contributed by atoms with Crippen LogP contribution in [0.15, 0.2) is 53.7 Å². The van der Waals surface area contributed by atoms with Crippen molar-refractivity contribution in [1.82, 2.24) is 19.9 Å². The number of hydrogen-bond donors (Lipinski definition) is 4. The van der Waals surface area contributed by atoms with E-state index in [0.717, 1.165) is 18.8 Å². The van der Waals surface area contributed by atoms with Crippen LogP contribution in [0.4, 0.5) is 37.5 Å². The van der Waals surface area contributed by atoms with Crippen LogP contribution in [0.25, 0.3) is 16.9 Å². The molecule has 0 spiro atoms. The quantitative estimate of drug-likeness (QED) is 0.228. The molecule has 1 aromatic carbocycles. The molecule has 12 heteroatoms. The summed E-state index contributed by atoms with van der Waals surface area (Å²) in [4.78, 5) is 21.7. The number of pyridine rings is 2. The zero-order valence-electron chi connectivity index (χ0n) is 20.9. The Bertz CT molecular complexity index is 1490. The van der Waals surface area contributed by atoms with Crippen molar-refractivity contribution in [3.63, 3.8) is 0 Å². The summed E-state index contributed by atoms with van der Waals surface area (Å²) in [6.07, 6.45) is 3.43. The molecule has 38 heavy (non-hydrogen) atoms. The average Bonchev–Trinajstić information content (AvgIpc) is 3.32. The van der Waals surface area contributed by atoms with Crippen LogP contribution in [0, 0.1) is 0 Å². The summed E-state index contributed by atoms with van der Waals surface area (Å²) in [7, 11) is 3.18. The maximum atomic E-state index is 13.5. The lowest BCUT2D eigenvalue weighted by atomic mass is 10.1. The first-order valence-electron chi connectivity index (χ1n) is 12.0. The van der Waals surface area contributed by atoms with Crippen LogP contribution in [0.3, 0.4) is 0 Å². The van der Waals surface area contributed by atoms with Gasteiger partial charge in [-0.05, 0) is 36.8 Å². The first-order valence-corrected chi connectivity index (χ1v) is 12.0. The monoisotopic (exact) mass is 519 g/mol. The largest absolute Gasteiger partial charge is 0.494 e. The minimum absolute atomic E-state index is 0.124. The molecule has 10 nitrogen and oxygen atoms in total. The van der Waals surface area contributed by atoms with Gasteiger partial charge in [-0.15, -0.1) is 0 Å². The highest BCUT2D eigenvalue weighted by Crippen LogP contribution is 2.36. The molecular weight excluding hydrogens is 492 g/mol. The summed E-state index contributed by atoms with van der Waals surface area (Å²) in [6.45, 7) is 2.04. The SMILES string of the molecule is CN=CC=C(N)c1cccc(Nc2cc(Nc3ccc(N4CCC4)cn3)nc3nc(C(F)F)[nH]c23)c1OC. The predicted molar refractivity (Wildman–Crippen MR) is 146 cm³/mol. The molecule has 0 atom stereocenters. The number of para-hydroxylation sites is 1. The van der Waals surface area contributed by atoms with E-state index in [4.69, 9.17) is 10.5 Å². The van der Waals surface area contributed by atoms with Crippen LogP contribution < -0.4 is 26.0 Å². The number of fused-ring (bicyclic) bond motifs is 1. The van der Waals surface area contributed by atoms with Gasteiger partial charge in [-0.2, -0.15) is 0 Å². The van der Waals surface area contributed by atoms with Gasteiger partial charge >= 0.3 is 0 Å². The van der Waals surface area contributed by atoms with E-state index < -0.39 is 12.2 Å². The van der Waals surface area contributed by atoms with Gasteiger partial charge in [0, 0.05) is 43.7 Å². The number of aromatic nitrogens is 4. The summed E-state index contributed by atoms with van der Waals surface area (Å²) in [5.41, 5.74) is 9.85. The van der Waals surface area contributed by atoms with Gasteiger partial charge in [0.25, 0.3) is 6.43 Å². The number of halogens is 2. The van der Waals surface area contributed by atoms with E-state index in [-0.39, 0.29) is 5.65 Å². The van der Waals surface area contributed by atoms with Gasteiger partial charge in [0.2, 0.25) is 0 Å². The Morgan fingerprint density at radius 1 is 1.16 bits per heavy atom. The van der Waals surface area contributed by atoms with Gasteiger partial charge in [-0.3, -0.25) is 4.99 Å². The Balaban J connectivity index is 1.52. The van der Waals surface area contributed by atoms with Crippen molar-refractivity contribution in [2.75, 3.05) is 42.8 Å². The molecule has 1 fully saturated rings. The molecule has 0 amide bonds. The van der Waals surface area contributed by atoms with E-state index in [0.29, 0.717) is 45.5 Å². The fraction of sp³-hybridized carbons (Fsp3) is 0.231. The molecule has 5 N–H and O–H groups in total. The summed E-state index contributed by atoms with van der Waals surface area (Å²) in [6, 6.07) is 10.9. The van der Waals surface area contributed by atoms with Crippen LogP contribution in [0.1, 0.15) is 24.2 Å². The number of nitrogens with zero attached hydrogens (tertiary/aromatic N) is 5. The number of aliphatic imine (C=N–C) groups is 1. The molecule has 0 aliphatic carbocycles. The number of nitrogens with one attached hydrogen (secondary N) is 3. The first-order chi connectivity index (χ1) is 18.5. The lowest BCUT2D eigenvalue weighted by molar-refractivity contribution is 0.142. The number of rotatable bonds is 9. The van der Waals surface area contributed by atoms with Crippen molar-refractivity contribution in [3.8, 4) is 5.75 Å². The van der Waals surface area contributed by atoms with Crippen LogP contribution in [0.2, 0.25) is 0 Å². The number of imidazole rings is 1. The van der Waals surface area contributed by atoms with Crippen LogP contribution in [-0.4, -0.2) is 53.4 Å². The Hall–Kier alpha value is -4.74. The lowest BCUT2D eigenvalue weighted by Gasteiger charge is -2.32. The highest BCUT2D eigenvalue weighted by atomic mass is 19.3. The lowest BCUT2D eigenvalue weighted by Crippen LogP contribution is -2.36. The Morgan fingerprint density at radius 3 is 2.66 bits per heavy atom. The van der Waals surface area contributed by atoms with Crippen molar-refractivity contribution in [1.29, 1.82) is 0 Å². The highest BCUT2D eigenvalue weighted by Gasteiger charge is 2.19. The van der Waals surface area contributed by atoms with Gasteiger partial charge in [0.1, 0.15) is 17.2 Å². The molecule has 0 saturated carbocycles. The summed E-state index contributed by atoms with van der Waals surface area (Å²) >= 11 is 0. The molecule has 5 rings (SSSR count). The maximum Gasteiger partial charge on any atom is 0.295 e. The standard InChI is InChI=1S/C26H27F2N9O/c1-30-10-9-17(29)16-5-3-6-18(23(16)38-2)32-19-13-21(34-25-22(19)35-26(36-25)24(27)28)33-20-8-7-15(14-31-20)37-11-4-12-37/h3,5-10,13-14,24H,4,11-12,29H2,1-2H3,(H3,31,32,33,34,35,36). The zero-order valence-corrected chi connectivity index (χ0v) is 20.9. The Morgan fingerprint density at radius 2 is 2.00 bits per heavy atom. The normalized spacial score (nSPS) is 13.8. The minimum atomic E-state index is -2.78. The molecule has 4 aromatic rings. The van der Waals surface area contributed by atoms with Crippen molar-refractivity contribution in [3.05, 3.63) is 60.1 Å². The van der Waals surface area contributed by atoms with Crippen molar-refractivity contribution in [2.45, 2.75) is 12.8 Å². The summed E-state index contributed by atoms with van der Waals surface area (Å²) in [5.74, 6) is 0.940. The number of methoxy groups -OCH3 is 1. The molecule has 1 saturated heterocycles. The van der Waals surface area contributed by atoms with Crippen molar-refractivity contribution >= 4 is 51.8 Å². The van der Waals surface area contributed by atoms with Gasteiger partial charge < -0.3 is 31.0 Å². The molecule has 196 valence electrons. The minimum Gasteiger partial charge on any atom is -0.494 e. The number of H-pyrrole nitrogens is 1. The third-order valence-corrected chi connectivity index (χ3v) is 6.11. The van der Waals surface area contributed by atoms with E-state index in [2.05, 4.69) is 40.5 Å². The number of benzene rings is 1. The number of aromatic amines is 1. The van der Waals surface area contributed by atoms with E-state index in [1.807, 2.05) is 24.3 Å². The fourth-order valence-electron chi connectivity index (χ4n) is 4.10. The third kappa shape index (κ3) is 5.05. The highest BCUT2D eigenvalue weighted by molar-refractivity contribution is 5.93. The summed E-state index contributed by atoms with van der Waals surface area (Å²) < 4.78 is 32.6. The van der Waals surface area contributed by atoms with E-state index in [9.17, 15) is 8.78 Å². The first kappa shape index (κ1) is 24.9. The zero-order chi connectivity index (χ0) is 26.6. The number of nitrogens with two attached hydrogens (primary N) is 1. The van der Waals surface area contributed by atoms with Crippen LogP contribution >= 0.6 is 0 Å². The average molecular weight is 520 g/mol. The molecule has 1 aliphatic heterocycles. The number of alkyl halides is 2. The smallest absolute Gasteiger partial charge is 0.295 e. The second kappa shape index (κ2) is 10.7. The number of allylic oxidation sites excluding steroid dienone is 1. The number of hydrogen-bond acceptors (Lipinski definition) is 9. The van der Waals surface area contributed by atoms with Gasteiger partial charge in [0.15, 0.2) is 17.2 Å². The number of anilines is 5. The molecular formula is C26H27F2N9O. The van der Waals surface area contributed by atoms with Crippen LogP contribution in [0.5, 0.6) is 5.75 Å². The van der Waals surface area contributed by atoms with Crippen molar-refractivity contribution < 1.29 is 13.5 Å². The number of ether oxygens (including phenoxy) is 1. The second-order valence-corrected chi connectivity index (χ2v) is 8.58. The van der Waals surface area contributed by atoms with E-state index in [1.165, 1.54) is 13.5 Å². The predicted octanol–water partition coefficient (Wildman–Crippen LogP) is 5.00. The molecule has 0 bridgehead atoms. The fourth-order valence-corrected chi connectivity index (χ4v) is 4.10. The summed E-state index contributed by atoms with van der Waals surface area (Å²) in [5, 5.41) is 6.42.